The summed E-state index contributed by atoms with van der Waals surface area (Å²) >= 11 is 3.22. The van der Waals surface area contributed by atoms with Gasteiger partial charge in [0.05, 0.1) is 5.75 Å². The molecule has 29 heavy (non-hydrogen) atoms. The van der Waals surface area contributed by atoms with Crippen molar-refractivity contribution in [2.45, 2.75) is 77.4 Å². The van der Waals surface area contributed by atoms with Crippen LogP contribution in [-0.4, -0.2) is 32.5 Å². The zero-order valence-corrected chi connectivity index (χ0v) is 20.1. The van der Waals surface area contributed by atoms with Crippen molar-refractivity contribution in [3.05, 3.63) is 16.3 Å². The summed E-state index contributed by atoms with van der Waals surface area (Å²) in [7, 11) is 1.97. The van der Waals surface area contributed by atoms with E-state index in [4.69, 9.17) is 0 Å². The van der Waals surface area contributed by atoms with Gasteiger partial charge < -0.3 is 9.88 Å². The summed E-state index contributed by atoms with van der Waals surface area (Å²) in [5, 5.41) is 14.9. The summed E-state index contributed by atoms with van der Waals surface area (Å²) in [5.41, 5.74) is 1.32. The molecule has 1 N–H and O–H groups in total. The predicted molar refractivity (Wildman–Crippen MR) is 122 cm³/mol. The third-order valence-electron chi connectivity index (χ3n) is 5.84. The Morgan fingerprint density at radius 1 is 1.31 bits per heavy atom. The zero-order valence-electron chi connectivity index (χ0n) is 18.5. The topological polar surface area (TPSA) is 59.8 Å². The van der Waals surface area contributed by atoms with Crippen LogP contribution < -0.4 is 5.32 Å². The lowest BCUT2D eigenvalue weighted by Gasteiger charge is -2.40. The number of carbonyl (C=O) groups excluding carboxylic acids is 1. The van der Waals surface area contributed by atoms with E-state index >= 15 is 0 Å². The number of hydrogen-bond acceptors (Lipinski definition) is 5. The monoisotopic (exact) mass is 434 g/mol. The van der Waals surface area contributed by atoms with Crippen LogP contribution in [0.25, 0.3) is 11.4 Å². The highest BCUT2D eigenvalue weighted by atomic mass is 32.2. The van der Waals surface area contributed by atoms with Crippen LogP contribution in [0.2, 0.25) is 0 Å². The second-order valence-electron chi connectivity index (χ2n) is 9.48. The highest BCUT2D eigenvalue weighted by Crippen LogP contribution is 2.38. The van der Waals surface area contributed by atoms with E-state index < -0.39 is 0 Å². The minimum atomic E-state index is 0.0957. The van der Waals surface area contributed by atoms with Gasteiger partial charge in [0.1, 0.15) is 0 Å². The van der Waals surface area contributed by atoms with E-state index in [0.717, 1.165) is 23.0 Å². The molecular formula is C22H34N4OS2. The number of thioether (sulfide) groups is 1. The first-order valence-corrected chi connectivity index (χ1v) is 12.4. The predicted octanol–water partition coefficient (Wildman–Crippen LogP) is 5.48. The van der Waals surface area contributed by atoms with Crippen LogP contribution in [0, 0.1) is 11.3 Å². The van der Waals surface area contributed by atoms with E-state index in [0.29, 0.717) is 17.6 Å². The third-order valence-corrected chi connectivity index (χ3v) is 8.09. The van der Waals surface area contributed by atoms with E-state index in [2.05, 4.69) is 61.6 Å². The maximum atomic E-state index is 12.6. The second kappa shape index (κ2) is 9.21. The van der Waals surface area contributed by atoms with Crippen LogP contribution in [0.5, 0.6) is 0 Å². The first kappa shape index (κ1) is 22.3. The SMILES string of the molecule is CC(C)c1cc(-c2nnc(SCC(=O)N[C@@H]3CCCC[C@H]3C(C)(C)C)n2C)cs1. The minimum Gasteiger partial charge on any atom is -0.352 e. The lowest BCUT2D eigenvalue weighted by Crippen LogP contribution is -2.47. The quantitative estimate of drug-likeness (QED) is 0.612. The number of carbonyl (C=O) groups is 1. The molecule has 2 aromatic rings. The van der Waals surface area contributed by atoms with Crippen LogP contribution in [0.1, 0.15) is 71.1 Å². The Labute approximate surface area is 183 Å². The number of aromatic nitrogens is 3. The van der Waals surface area contributed by atoms with Crippen LogP contribution in [0.15, 0.2) is 16.6 Å². The Kier molecular flexibility index (Phi) is 7.10. The molecule has 160 valence electrons. The minimum absolute atomic E-state index is 0.0957. The van der Waals surface area contributed by atoms with Gasteiger partial charge in [0.15, 0.2) is 11.0 Å². The molecule has 1 amide bonds. The van der Waals surface area contributed by atoms with Crippen LogP contribution in [-0.2, 0) is 11.8 Å². The Morgan fingerprint density at radius 3 is 2.69 bits per heavy atom. The zero-order chi connectivity index (χ0) is 21.2. The molecule has 0 aromatic carbocycles. The average molecular weight is 435 g/mol. The molecule has 2 heterocycles. The molecular weight excluding hydrogens is 400 g/mol. The lowest BCUT2D eigenvalue weighted by molar-refractivity contribution is -0.120. The molecule has 0 bridgehead atoms. The number of nitrogens with one attached hydrogen (secondary N) is 1. The maximum absolute atomic E-state index is 12.6. The van der Waals surface area contributed by atoms with Crippen molar-refractivity contribution in [1.29, 1.82) is 0 Å². The number of rotatable bonds is 6. The van der Waals surface area contributed by atoms with E-state index in [1.807, 2.05) is 11.6 Å². The van der Waals surface area contributed by atoms with Gasteiger partial charge in [0.25, 0.3) is 0 Å². The van der Waals surface area contributed by atoms with Gasteiger partial charge >= 0.3 is 0 Å². The van der Waals surface area contributed by atoms with Gasteiger partial charge in [-0.25, -0.2) is 0 Å². The molecule has 2 aromatic heterocycles. The first-order chi connectivity index (χ1) is 13.7. The normalized spacial score (nSPS) is 20.2. The van der Waals surface area contributed by atoms with Crippen molar-refractivity contribution >= 4 is 29.0 Å². The van der Waals surface area contributed by atoms with Crippen molar-refractivity contribution in [2.24, 2.45) is 18.4 Å². The molecule has 2 atom stereocenters. The van der Waals surface area contributed by atoms with Crippen molar-refractivity contribution < 1.29 is 4.79 Å². The van der Waals surface area contributed by atoms with Gasteiger partial charge in [0.2, 0.25) is 5.91 Å². The molecule has 1 fully saturated rings. The molecule has 0 unspecified atom stereocenters. The molecule has 1 aliphatic carbocycles. The summed E-state index contributed by atoms with van der Waals surface area (Å²) in [6, 6.07) is 2.48. The fraction of sp³-hybridized carbons (Fsp3) is 0.682. The Hall–Kier alpha value is -1.34. The largest absolute Gasteiger partial charge is 0.352 e. The smallest absolute Gasteiger partial charge is 0.230 e. The molecule has 1 aliphatic rings. The lowest BCUT2D eigenvalue weighted by atomic mass is 9.69. The Bertz CT molecular complexity index is 834. The van der Waals surface area contributed by atoms with Gasteiger partial charge in [-0.05, 0) is 36.2 Å². The molecule has 5 nitrogen and oxygen atoms in total. The van der Waals surface area contributed by atoms with Crippen LogP contribution in [0.4, 0.5) is 0 Å². The van der Waals surface area contributed by atoms with Gasteiger partial charge in [-0.2, -0.15) is 0 Å². The van der Waals surface area contributed by atoms with Crippen LogP contribution >= 0.6 is 23.1 Å². The van der Waals surface area contributed by atoms with Gasteiger partial charge in [-0.3, -0.25) is 4.79 Å². The molecule has 7 heteroatoms. The summed E-state index contributed by atoms with van der Waals surface area (Å²) < 4.78 is 1.99. The molecule has 3 rings (SSSR count). The molecule has 0 aliphatic heterocycles. The average Bonchev–Trinajstić information content (AvgIpc) is 3.26. The first-order valence-electron chi connectivity index (χ1n) is 10.6. The highest BCUT2D eigenvalue weighted by Gasteiger charge is 2.34. The Balaban J connectivity index is 1.60. The van der Waals surface area contributed by atoms with E-state index in [1.54, 1.807) is 11.3 Å². The van der Waals surface area contributed by atoms with Gasteiger partial charge in [0, 0.05) is 28.9 Å². The number of nitrogens with zero attached hydrogens (tertiary/aromatic N) is 3. The van der Waals surface area contributed by atoms with Crippen molar-refractivity contribution in [3.63, 3.8) is 0 Å². The number of hydrogen-bond donors (Lipinski definition) is 1. The molecule has 1 saturated carbocycles. The van der Waals surface area contributed by atoms with Crippen molar-refractivity contribution in [1.82, 2.24) is 20.1 Å². The maximum Gasteiger partial charge on any atom is 0.230 e. The standard InChI is InChI=1S/C22H34N4OS2/c1-14(2)18-11-15(12-28-18)20-24-25-21(26(20)6)29-13-19(27)23-17-10-8-7-9-16(17)22(3,4)5/h11-12,14,16-17H,7-10,13H2,1-6H3,(H,23,27)/t16-,17-/m1/s1. The third kappa shape index (κ3) is 5.43. The summed E-state index contributed by atoms with van der Waals surface area (Å²) in [4.78, 5) is 14.0. The number of amides is 1. The van der Waals surface area contributed by atoms with Crippen molar-refractivity contribution in [2.75, 3.05) is 5.75 Å². The second-order valence-corrected chi connectivity index (χ2v) is 11.4. The van der Waals surface area contributed by atoms with Crippen LogP contribution in [0.3, 0.4) is 0 Å². The number of thiophene rings is 1. The van der Waals surface area contributed by atoms with Crippen molar-refractivity contribution in [3.8, 4) is 11.4 Å². The fourth-order valence-corrected chi connectivity index (χ4v) is 5.81. The molecule has 0 spiro atoms. The van der Waals surface area contributed by atoms with E-state index in [-0.39, 0.29) is 17.4 Å². The van der Waals surface area contributed by atoms with Gasteiger partial charge in [-0.1, -0.05) is 59.2 Å². The summed E-state index contributed by atoms with van der Waals surface area (Å²) in [6.45, 7) is 11.2. The molecule has 0 radical (unpaired) electrons. The van der Waals surface area contributed by atoms with E-state index in [1.165, 1.54) is 35.9 Å². The summed E-state index contributed by atoms with van der Waals surface area (Å²) in [5.74, 6) is 2.38. The summed E-state index contributed by atoms with van der Waals surface area (Å²) in [6.07, 6.45) is 4.76. The highest BCUT2D eigenvalue weighted by molar-refractivity contribution is 7.99. The Morgan fingerprint density at radius 2 is 2.03 bits per heavy atom. The molecule has 0 saturated heterocycles. The fourth-order valence-electron chi connectivity index (χ4n) is 4.18. The van der Waals surface area contributed by atoms with E-state index in [9.17, 15) is 4.79 Å². The van der Waals surface area contributed by atoms with Gasteiger partial charge in [-0.15, -0.1) is 21.5 Å².